The first kappa shape index (κ1) is 20.7. The predicted octanol–water partition coefficient (Wildman–Crippen LogP) is 4.83. The number of fused-ring (bicyclic) bond motifs is 1. The van der Waals surface area contributed by atoms with Crippen molar-refractivity contribution in [1.82, 2.24) is 9.78 Å². The van der Waals surface area contributed by atoms with Gasteiger partial charge in [0, 0.05) is 33.4 Å². The van der Waals surface area contributed by atoms with Crippen molar-refractivity contribution < 1.29 is 19.1 Å². The lowest BCUT2D eigenvalue weighted by Crippen LogP contribution is -2.11. The second-order valence-corrected chi connectivity index (χ2v) is 7.76. The third-order valence-corrected chi connectivity index (χ3v) is 5.34. The molecule has 0 bridgehead atoms. The molecule has 0 radical (unpaired) electrons. The number of halogens is 1. The van der Waals surface area contributed by atoms with Crippen LogP contribution in [0.25, 0.3) is 11.0 Å². The van der Waals surface area contributed by atoms with E-state index in [2.05, 4.69) is 10.4 Å². The van der Waals surface area contributed by atoms with Crippen molar-refractivity contribution in [1.29, 1.82) is 0 Å². The third kappa shape index (κ3) is 4.46. The highest BCUT2D eigenvalue weighted by Crippen LogP contribution is 2.24. The zero-order valence-corrected chi connectivity index (χ0v) is 17.7. The molecule has 0 fully saturated rings. The van der Waals surface area contributed by atoms with E-state index in [4.69, 9.17) is 21.1 Å². The summed E-state index contributed by atoms with van der Waals surface area (Å²) >= 11 is 5.96. The molecule has 0 saturated heterocycles. The van der Waals surface area contributed by atoms with Crippen LogP contribution in [0.5, 0.6) is 0 Å². The Kier molecular flexibility index (Phi) is 5.52. The van der Waals surface area contributed by atoms with Gasteiger partial charge in [0.05, 0.1) is 18.7 Å². The highest BCUT2D eigenvalue weighted by molar-refractivity contribution is 6.31. The number of aryl methyl sites for hydroxylation is 1. The lowest BCUT2D eigenvalue weighted by Gasteiger charge is -2.07. The molecule has 8 heteroatoms. The number of hydrogen-bond donors (Lipinski definition) is 2. The molecular formula is C23H20ClN3O4. The van der Waals surface area contributed by atoms with E-state index in [1.165, 1.54) is 0 Å². The maximum atomic E-state index is 12.5. The van der Waals surface area contributed by atoms with Crippen LogP contribution in [0.3, 0.4) is 0 Å². The fourth-order valence-corrected chi connectivity index (χ4v) is 3.63. The number of furan rings is 1. The zero-order valence-electron chi connectivity index (χ0n) is 17.0. The number of carbonyl (C=O) groups is 2. The highest BCUT2D eigenvalue weighted by atomic mass is 35.5. The van der Waals surface area contributed by atoms with Crippen molar-refractivity contribution in [2.75, 3.05) is 5.32 Å². The van der Waals surface area contributed by atoms with Crippen LogP contribution in [0.2, 0.25) is 5.02 Å². The van der Waals surface area contributed by atoms with E-state index in [-0.39, 0.29) is 18.1 Å². The number of carboxylic acids is 1. The maximum Gasteiger partial charge on any atom is 0.307 e. The molecule has 0 aliphatic carbocycles. The van der Waals surface area contributed by atoms with Crippen LogP contribution < -0.4 is 5.32 Å². The molecule has 7 nitrogen and oxygen atoms in total. The van der Waals surface area contributed by atoms with Crippen molar-refractivity contribution >= 4 is 40.1 Å². The number of rotatable bonds is 6. The van der Waals surface area contributed by atoms with Gasteiger partial charge in [0.15, 0.2) is 5.76 Å². The zero-order chi connectivity index (χ0) is 22.1. The average Bonchev–Trinajstić information content (AvgIpc) is 3.25. The molecule has 0 unspecified atom stereocenters. The Labute approximate surface area is 183 Å². The number of carboxylic acid groups (broad SMARTS) is 1. The molecule has 0 aliphatic heterocycles. The molecule has 158 valence electrons. The summed E-state index contributed by atoms with van der Waals surface area (Å²) in [4.78, 5) is 23.6. The third-order valence-electron chi connectivity index (χ3n) is 5.11. The summed E-state index contributed by atoms with van der Waals surface area (Å²) in [7, 11) is 0. The normalized spacial score (nSPS) is 11.1. The number of carbonyl (C=O) groups excluding carboxylic acids is 1. The van der Waals surface area contributed by atoms with E-state index < -0.39 is 5.97 Å². The number of anilines is 1. The standard InChI is InChI=1S/C23H20ClN3O4/c1-13-19(11-22(28)29)14(2)27(26-13)12-15-3-7-18(8-4-15)25-23(30)21-9-16-5-6-17(24)10-20(16)31-21/h3-10H,11-12H2,1-2H3,(H,25,30)(H,28,29). The van der Waals surface area contributed by atoms with Gasteiger partial charge in [-0.3, -0.25) is 14.3 Å². The molecule has 2 aromatic heterocycles. The molecule has 4 rings (SSSR count). The summed E-state index contributed by atoms with van der Waals surface area (Å²) in [5, 5.41) is 17.7. The average molecular weight is 438 g/mol. The van der Waals surface area contributed by atoms with Crippen LogP contribution in [0.4, 0.5) is 5.69 Å². The van der Waals surface area contributed by atoms with Gasteiger partial charge in [-0.2, -0.15) is 5.10 Å². The van der Waals surface area contributed by atoms with Crippen molar-refractivity contribution in [3.63, 3.8) is 0 Å². The molecule has 1 amide bonds. The van der Waals surface area contributed by atoms with Gasteiger partial charge in [0.2, 0.25) is 0 Å². The number of aromatic nitrogens is 2. The smallest absolute Gasteiger partial charge is 0.307 e. The Balaban J connectivity index is 1.45. The topological polar surface area (TPSA) is 97.4 Å². The molecule has 0 aliphatic rings. The van der Waals surface area contributed by atoms with Crippen molar-refractivity contribution in [3.8, 4) is 0 Å². The van der Waals surface area contributed by atoms with Crippen LogP contribution in [0.15, 0.2) is 52.9 Å². The van der Waals surface area contributed by atoms with E-state index >= 15 is 0 Å². The van der Waals surface area contributed by atoms with Crippen LogP contribution in [-0.4, -0.2) is 26.8 Å². The predicted molar refractivity (Wildman–Crippen MR) is 118 cm³/mol. The van der Waals surface area contributed by atoms with Gasteiger partial charge in [0.1, 0.15) is 5.58 Å². The van der Waals surface area contributed by atoms with Gasteiger partial charge < -0.3 is 14.8 Å². The van der Waals surface area contributed by atoms with Gasteiger partial charge in [-0.15, -0.1) is 0 Å². The minimum absolute atomic E-state index is 0.0450. The highest BCUT2D eigenvalue weighted by Gasteiger charge is 2.15. The van der Waals surface area contributed by atoms with Crippen molar-refractivity contribution in [2.24, 2.45) is 0 Å². The first-order chi connectivity index (χ1) is 14.8. The molecule has 0 spiro atoms. The maximum absolute atomic E-state index is 12.5. The van der Waals surface area contributed by atoms with E-state index in [9.17, 15) is 9.59 Å². The lowest BCUT2D eigenvalue weighted by molar-refractivity contribution is -0.136. The molecule has 0 atom stereocenters. The molecule has 2 N–H and O–H groups in total. The SMILES string of the molecule is Cc1nn(Cc2ccc(NC(=O)c3cc4ccc(Cl)cc4o3)cc2)c(C)c1CC(=O)O. The van der Waals surface area contributed by atoms with Crippen LogP contribution >= 0.6 is 11.6 Å². The first-order valence-electron chi connectivity index (χ1n) is 9.64. The fourth-order valence-electron chi connectivity index (χ4n) is 3.47. The minimum atomic E-state index is -0.876. The van der Waals surface area contributed by atoms with Gasteiger partial charge in [-0.05, 0) is 49.7 Å². The summed E-state index contributed by atoms with van der Waals surface area (Å²) < 4.78 is 7.38. The Hall–Kier alpha value is -3.58. The molecule has 4 aromatic rings. The molecule has 0 saturated carbocycles. The summed E-state index contributed by atoms with van der Waals surface area (Å²) in [6, 6.07) is 14.3. The van der Waals surface area contributed by atoms with Crippen LogP contribution in [0, 0.1) is 13.8 Å². The van der Waals surface area contributed by atoms with Gasteiger partial charge >= 0.3 is 5.97 Å². The second-order valence-electron chi connectivity index (χ2n) is 7.32. The monoisotopic (exact) mass is 437 g/mol. The number of nitrogens with one attached hydrogen (secondary N) is 1. The number of hydrogen-bond acceptors (Lipinski definition) is 4. The number of nitrogens with zero attached hydrogens (tertiary/aromatic N) is 2. The van der Waals surface area contributed by atoms with E-state index in [1.807, 2.05) is 26.0 Å². The summed E-state index contributed by atoms with van der Waals surface area (Å²) in [5.74, 6) is -1.02. The van der Waals surface area contributed by atoms with Gasteiger partial charge in [0.25, 0.3) is 5.91 Å². The van der Waals surface area contributed by atoms with Gasteiger partial charge in [-0.1, -0.05) is 23.7 Å². The van der Waals surface area contributed by atoms with E-state index in [1.54, 1.807) is 41.1 Å². The second kappa shape index (κ2) is 8.28. The molecule has 2 heterocycles. The van der Waals surface area contributed by atoms with E-state index in [0.29, 0.717) is 22.8 Å². The summed E-state index contributed by atoms with van der Waals surface area (Å²) in [5.41, 5.74) is 4.46. The fraction of sp³-hybridized carbons (Fsp3) is 0.174. The summed E-state index contributed by atoms with van der Waals surface area (Å²) in [6.07, 6.45) is -0.0450. The van der Waals surface area contributed by atoms with Crippen LogP contribution in [0.1, 0.15) is 33.1 Å². The molecular weight excluding hydrogens is 418 g/mol. The Morgan fingerprint density at radius 3 is 2.58 bits per heavy atom. The minimum Gasteiger partial charge on any atom is -0.481 e. The lowest BCUT2D eigenvalue weighted by atomic mass is 10.1. The van der Waals surface area contributed by atoms with Crippen molar-refractivity contribution in [2.45, 2.75) is 26.8 Å². The Bertz CT molecular complexity index is 1290. The van der Waals surface area contributed by atoms with Crippen LogP contribution in [-0.2, 0) is 17.8 Å². The molecule has 31 heavy (non-hydrogen) atoms. The first-order valence-corrected chi connectivity index (χ1v) is 10.0. The van der Waals surface area contributed by atoms with E-state index in [0.717, 1.165) is 27.9 Å². The van der Waals surface area contributed by atoms with Crippen molar-refractivity contribution in [3.05, 3.63) is 81.8 Å². The summed E-state index contributed by atoms with van der Waals surface area (Å²) in [6.45, 7) is 4.19. The molecule has 2 aromatic carbocycles. The Morgan fingerprint density at radius 1 is 1.13 bits per heavy atom. The van der Waals surface area contributed by atoms with Gasteiger partial charge in [-0.25, -0.2) is 0 Å². The largest absolute Gasteiger partial charge is 0.481 e. The number of amides is 1. The quantitative estimate of drug-likeness (QED) is 0.450. The Morgan fingerprint density at radius 2 is 1.87 bits per heavy atom. The number of aliphatic carboxylic acids is 1. The number of benzene rings is 2.